The third kappa shape index (κ3) is 2.50. The Labute approximate surface area is 74.8 Å². The quantitative estimate of drug-likeness (QED) is 0.669. The number of benzene rings is 1. The lowest BCUT2D eigenvalue weighted by atomic mass is 9.98. The van der Waals surface area contributed by atoms with Gasteiger partial charge in [-0.15, -0.1) is 0 Å². The Kier molecular flexibility index (Phi) is 2.54. The molecule has 1 nitrogen and oxygen atoms in total. The molecule has 12 heavy (non-hydrogen) atoms. The highest BCUT2D eigenvalue weighted by Crippen LogP contribution is 2.08. The standard InChI is InChI=1S/C11H14O/c1-9(10(2)12)8-11-6-4-3-5-7-11/h3-7,9H,8H2,1-2H3/t9-/m0/s1/i9D. The van der Waals surface area contributed by atoms with Crippen LogP contribution >= 0.6 is 0 Å². The van der Waals surface area contributed by atoms with Crippen molar-refractivity contribution in [3.8, 4) is 0 Å². The highest BCUT2D eigenvalue weighted by atomic mass is 16.1. The highest BCUT2D eigenvalue weighted by molar-refractivity contribution is 5.78. The van der Waals surface area contributed by atoms with E-state index < -0.39 is 5.89 Å². The topological polar surface area (TPSA) is 17.1 Å². The smallest absolute Gasteiger partial charge is 0.132 e. The van der Waals surface area contributed by atoms with E-state index in [1.54, 1.807) is 6.92 Å². The Morgan fingerprint density at radius 2 is 2.08 bits per heavy atom. The van der Waals surface area contributed by atoms with Crippen LogP contribution in [-0.2, 0) is 11.2 Å². The first-order chi connectivity index (χ1) is 6.02. The van der Waals surface area contributed by atoms with Crippen molar-refractivity contribution in [1.82, 2.24) is 0 Å². The number of ketones is 1. The number of hydrogen-bond donors (Lipinski definition) is 0. The van der Waals surface area contributed by atoms with Crippen molar-refractivity contribution in [2.24, 2.45) is 5.89 Å². The second-order valence-corrected chi connectivity index (χ2v) is 3.00. The Balaban J connectivity index is 2.75. The predicted octanol–water partition coefficient (Wildman–Crippen LogP) is 2.45. The van der Waals surface area contributed by atoms with Crippen LogP contribution in [0.2, 0.25) is 0 Å². The van der Waals surface area contributed by atoms with Crippen LogP contribution in [0.15, 0.2) is 30.3 Å². The Morgan fingerprint density at radius 3 is 2.58 bits per heavy atom. The maximum absolute atomic E-state index is 11.1. The van der Waals surface area contributed by atoms with Gasteiger partial charge in [-0.1, -0.05) is 37.3 Å². The minimum absolute atomic E-state index is 0.0867. The van der Waals surface area contributed by atoms with Gasteiger partial charge >= 0.3 is 0 Å². The molecule has 0 saturated heterocycles. The second-order valence-electron chi connectivity index (χ2n) is 3.00. The lowest BCUT2D eigenvalue weighted by Gasteiger charge is -2.06. The third-order valence-corrected chi connectivity index (χ3v) is 1.91. The molecule has 1 aromatic carbocycles. The summed E-state index contributed by atoms with van der Waals surface area (Å²) < 4.78 is 7.77. The van der Waals surface area contributed by atoms with E-state index in [0.29, 0.717) is 6.42 Å². The van der Waals surface area contributed by atoms with Crippen molar-refractivity contribution in [3.05, 3.63) is 35.9 Å². The van der Waals surface area contributed by atoms with Crippen molar-refractivity contribution in [2.75, 3.05) is 0 Å². The normalized spacial score (nSPS) is 16.3. The van der Waals surface area contributed by atoms with E-state index in [1.807, 2.05) is 30.3 Å². The van der Waals surface area contributed by atoms with Gasteiger partial charge in [-0.3, -0.25) is 4.79 Å². The van der Waals surface area contributed by atoms with Gasteiger partial charge in [0.1, 0.15) is 5.78 Å². The van der Waals surface area contributed by atoms with E-state index in [-0.39, 0.29) is 5.78 Å². The van der Waals surface area contributed by atoms with Crippen LogP contribution in [0.5, 0.6) is 0 Å². The van der Waals surface area contributed by atoms with Crippen molar-refractivity contribution < 1.29 is 6.17 Å². The fourth-order valence-electron chi connectivity index (χ4n) is 1.03. The Bertz CT molecular complexity index is 290. The molecule has 0 saturated carbocycles. The second kappa shape index (κ2) is 4.05. The zero-order valence-electron chi connectivity index (χ0n) is 8.50. The summed E-state index contributed by atoms with van der Waals surface area (Å²) in [6.07, 6.45) is 0.489. The minimum atomic E-state index is -0.985. The number of rotatable bonds is 3. The van der Waals surface area contributed by atoms with Gasteiger partial charge in [-0.2, -0.15) is 0 Å². The molecule has 0 aliphatic heterocycles. The van der Waals surface area contributed by atoms with Gasteiger partial charge in [0.15, 0.2) is 0 Å². The van der Waals surface area contributed by atoms with Crippen molar-refractivity contribution in [2.45, 2.75) is 20.3 Å². The molecular formula is C11H14O. The third-order valence-electron chi connectivity index (χ3n) is 1.91. The van der Waals surface area contributed by atoms with Crippen LogP contribution in [0.3, 0.4) is 0 Å². The summed E-state index contributed by atoms with van der Waals surface area (Å²) in [6.45, 7) is 3.12. The minimum Gasteiger partial charge on any atom is -0.300 e. The first-order valence-electron chi connectivity index (χ1n) is 4.57. The van der Waals surface area contributed by atoms with E-state index in [9.17, 15) is 4.79 Å². The number of Topliss-reactive ketones (excluding diaryl/α,β-unsaturated/α-hetero) is 1. The fourth-order valence-corrected chi connectivity index (χ4v) is 1.03. The van der Waals surface area contributed by atoms with Crippen LogP contribution in [0.25, 0.3) is 0 Å². The fraction of sp³-hybridized carbons (Fsp3) is 0.364. The van der Waals surface area contributed by atoms with Gasteiger partial charge in [-0.05, 0) is 18.9 Å². The van der Waals surface area contributed by atoms with Gasteiger partial charge in [0, 0.05) is 7.26 Å². The van der Waals surface area contributed by atoms with Crippen LogP contribution < -0.4 is 0 Å². The SMILES string of the molecule is [2H][C@](C)(Cc1ccccc1)C(C)=O. The van der Waals surface area contributed by atoms with Crippen LogP contribution in [-0.4, -0.2) is 5.78 Å². The first kappa shape index (κ1) is 7.53. The molecule has 0 aliphatic rings. The average molecular weight is 163 g/mol. The predicted molar refractivity (Wildman–Crippen MR) is 50.0 cm³/mol. The molecule has 1 atom stereocenters. The largest absolute Gasteiger partial charge is 0.300 e. The van der Waals surface area contributed by atoms with E-state index in [0.717, 1.165) is 5.56 Å². The summed E-state index contributed by atoms with van der Waals surface area (Å²) in [4.78, 5) is 11.1. The van der Waals surface area contributed by atoms with Gasteiger partial charge in [-0.25, -0.2) is 0 Å². The van der Waals surface area contributed by atoms with Crippen LogP contribution in [0, 0.1) is 5.89 Å². The molecule has 0 fully saturated rings. The summed E-state index contributed by atoms with van der Waals surface area (Å²) in [6, 6.07) is 9.65. The molecule has 64 valence electrons. The summed E-state index contributed by atoms with van der Waals surface area (Å²) >= 11 is 0. The molecule has 0 unspecified atom stereocenters. The highest BCUT2D eigenvalue weighted by Gasteiger charge is 2.07. The molecule has 0 amide bonds. The van der Waals surface area contributed by atoms with Gasteiger partial charge in [0.25, 0.3) is 0 Å². The monoisotopic (exact) mass is 163 g/mol. The molecule has 0 bridgehead atoms. The van der Waals surface area contributed by atoms with E-state index in [4.69, 9.17) is 1.37 Å². The number of carbonyl (C=O) groups excluding carboxylic acids is 1. The molecule has 0 aliphatic carbocycles. The zero-order valence-corrected chi connectivity index (χ0v) is 7.50. The lowest BCUT2D eigenvalue weighted by Crippen LogP contribution is -2.09. The Morgan fingerprint density at radius 1 is 1.50 bits per heavy atom. The maximum Gasteiger partial charge on any atom is 0.132 e. The molecule has 0 aromatic heterocycles. The number of carbonyl (C=O) groups is 1. The van der Waals surface area contributed by atoms with Gasteiger partial charge in [0.2, 0.25) is 0 Å². The molecule has 0 heterocycles. The van der Waals surface area contributed by atoms with E-state index >= 15 is 0 Å². The van der Waals surface area contributed by atoms with E-state index in [2.05, 4.69) is 0 Å². The van der Waals surface area contributed by atoms with Crippen molar-refractivity contribution in [1.29, 1.82) is 0 Å². The van der Waals surface area contributed by atoms with Crippen molar-refractivity contribution >= 4 is 5.78 Å². The maximum atomic E-state index is 11.1. The van der Waals surface area contributed by atoms with Crippen molar-refractivity contribution in [3.63, 3.8) is 0 Å². The first-order valence-corrected chi connectivity index (χ1v) is 4.07. The summed E-state index contributed by atoms with van der Waals surface area (Å²) in [5.41, 5.74) is 1.04. The molecule has 0 spiro atoms. The summed E-state index contributed by atoms with van der Waals surface area (Å²) in [7, 11) is 0. The lowest BCUT2D eigenvalue weighted by molar-refractivity contribution is -0.120. The molecule has 1 rings (SSSR count). The van der Waals surface area contributed by atoms with Gasteiger partial charge in [0.05, 0.1) is 0 Å². The zero-order chi connectivity index (χ0) is 9.90. The average Bonchev–Trinajstić information content (AvgIpc) is 2.05. The number of hydrogen-bond acceptors (Lipinski definition) is 1. The van der Waals surface area contributed by atoms with Crippen LogP contribution in [0.4, 0.5) is 0 Å². The molecule has 0 N–H and O–H groups in total. The molecular weight excluding hydrogens is 148 g/mol. The Hall–Kier alpha value is -1.11. The molecule has 1 heteroatoms. The summed E-state index contributed by atoms with van der Waals surface area (Å²) in [5.74, 6) is -1.07. The van der Waals surface area contributed by atoms with Crippen LogP contribution in [0.1, 0.15) is 20.8 Å². The summed E-state index contributed by atoms with van der Waals surface area (Å²) in [5, 5.41) is 0. The molecule has 1 aromatic rings. The van der Waals surface area contributed by atoms with Gasteiger partial charge < -0.3 is 0 Å². The molecule has 0 radical (unpaired) electrons. The van der Waals surface area contributed by atoms with E-state index in [1.165, 1.54) is 6.92 Å².